The lowest BCUT2D eigenvalue weighted by Gasteiger charge is -2.34. The molecule has 2 aliphatic rings. The molecule has 0 bridgehead atoms. The van der Waals surface area contributed by atoms with Crippen molar-refractivity contribution in [3.05, 3.63) is 42.6 Å². The Balaban J connectivity index is 1.11. The van der Waals surface area contributed by atoms with E-state index in [1.807, 2.05) is 18.2 Å². The van der Waals surface area contributed by atoms with E-state index in [1.54, 1.807) is 18.7 Å². The van der Waals surface area contributed by atoms with Gasteiger partial charge < -0.3 is 20.0 Å². The molecule has 0 saturated carbocycles. The zero-order chi connectivity index (χ0) is 21.3. The van der Waals surface area contributed by atoms with Gasteiger partial charge in [0.1, 0.15) is 5.76 Å². The summed E-state index contributed by atoms with van der Waals surface area (Å²) in [5, 5.41) is 6.02. The number of hydrogen-bond acceptors (Lipinski definition) is 7. The van der Waals surface area contributed by atoms with Crippen molar-refractivity contribution in [3.8, 4) is 0 Å². The van der Waals surface area contributed by atoms with Crippen LogP contribution in [0.25, 0.3) is 0 Å². The lowest BCUT2D eigenvalue weighted by molar-refractivity contribution is 0.202. The van der Waals surface area contributed by atoms with E-state index in [-0.39, 0.29) is 12.1 Å². The number of carbonyl (C=O) groups is 1. The number of likely N-dealkylation sites (tertiary alicyclic amines) is 1. The van der Waals surface area contributed by atoms with Gasteiger partial charge in [-0.3, -0.25) is 9.80 Å². The summed E-state index contributed by atoms with van der Waals surface area (Å²) in [6.07, 6.45) is 8.61. The van der Waals surface area contributed by atoms with E-state index in [1.165, 1.54) is 12.8 Å². The van der Waals surface area contributed by atoms with Gasteiger partial charge in [-0.1, -0.05) is 0 Å². The highest BCUT2D eigenvalue weighted by Crippen LogP contribution is 2.24. The number of amides is 2. The smallest absolute Gasteiger partial charge is 0.314 e. The first-order chi connectivity index (χ1) is 15.3. The van der Waals surface area contributed by atoms with Crippen molar-refractivity contribution in [3.63, 3.8) is 0 Å². The van der Waals surface area contributed by atoms with Gasteiger partial charge >= 0.3 is 6.03 Å². The standard InChI is InChI=1S/C22H33N7O2/c30-22(26-18-19(20-6-3-17-31-20)28-11-1-2-12-28)25-9-5-10-27-13-15-29(16-14-27)21-23-7-4-8-24-21/h3-4,6-8,17,19H,1-2,5,9-16,18H2,(H2,25,26,30). The second-order valence-electron chi connectivity index (χ2n) is 8.14. The fourth-order valence-electron chi connectivity index (χ4n) is 4.33. The van der Waals surface area contributed by atoms with Crippen LogP contribution in [-0.4, -0.2) is 84.7 Å². The zero-order valence-corrected chi connectivity index (χ0v) is 18.1. The van der Waals surface area contributed by atoms with E-state index in [4.69, 9.17) is 4.42 Å². The van der Waals surface area contributed by atoms with Gasteiger partial charge in [-0.15, -0.1) is 0 Å². The summed E-state index contributed by atoms with van der Waals surface area (Å²) < 4.78 is 5.61. The molecule has 2 aliphatic heterocycles. The van der Waals surface area contributed by atoms with E-state index in [2.05, 4.69) is 35.3 Å². The number of nitrogens with zero attached hydrogens (tertiary/aromatic N) is 5. The molecule has 4 rings (SSSR count). The van der Waals surface area contributed by atoms with Gasteiger partial charge in [-0.2, -0.15) is 0 Å². The first-order valence-electron chi connectivity index (χ1n) is 11.3. The highest BCUT2D eigenvalue weighted by atomic mass is 16.3. The Labute approximate surface area is 183 Å². The lowest BCUT2D eigenvalue weighted by atomic mass is 10.2. The Hall–Kier alpha value is -2.65. The quantitative estimate of drug-likeness (QED) is 0.589. The van der Waals surface area contributed by atoms with Crippen molar-refractivity contribution in [1.29, 1.82) is 0 Å². The molecule has 1 unspecified atom stereocenters. The van der Waals surface area contributed by atoms with E-state index in [0.717, 1.165) is 63.9 Å². The van der Waals surface area contributed by atoms with Crippen molar-refractivity contribution >= 4 is 12.0 Å². The highest BCUT2D eigenvalue weighted by Gasteiger charge is 2.26. The van der Waals surface area contributed by atoms with Crippen LogP contribution in [0.4, 0.5) is 10.7 Å². The van der Waals surface area contributed by atoms with Crippen molar-refractivity contribution in [2.45, 2.75) is 25.3 Å². The normalized spacial score (nSPS) is 18.8. The van der Waals surface area contributed by atoms with E-state index in [0.29, 0.717) is 13.1 Å². The molecule has 4 heterocycles. The Kier molecular flexibility index (Phi) is 7.73. The lowest BCUT2D eigenvalue weighted by Crippen LogP contribution is -2.47. The van der Waals surface area contributed by atoms with Crippen LogP contribution in [-0.2, 0) is 0 Å². The molecule has 2 aromatic rings. The minimum atomic E-state index is -0.109. The molecule has 2 N–H and O–H groups in total. The minimum absolute atomic E-state index is 0.105. The van der Waals surface area contributed by atoms with Crippen LogP contribution in [0.2, 0.25) is 0 Å². The van der Waals surface area contributed by atoms with Gasteiger partial charge in [0, 0.05) is 51.7 Å². The SMILES string of the molecule is O=C(NCCCN1CCN(c2ncccn2)CC1)NCC(c1ccco1)N1CCCC1. The summed E-state index contributed by atoms with van der Waals surface area (Å²) in [7, 11) is 0. The second kappa shape index (κ2) is 11.1. The maximum absolute atomic E-state index is 12.3. The predicted molar refractivity (Wildman–Crippen MR) is 119 cm³/mol. The van der Waals surface area contributed by atoms with Crippen LogP contribution in [0.1, 0.15) is 31.1 Å². The van der Waals surface area contributed by atoms with Crippen LogP contribution >= 0.6 is 0 Å². The Bertz CT molecular complexity index is 772. The number of anilines is 1. The van der Waals surface area contributed by atoms with E-state index < -0.39 is 0 Å². The predicted octanol–water partition coefficient (Wildman–Crippen LogP) is 1.72. The molecule has 2 fully saturated rings. The van der Waals surface area contributed by atoms with E-state index >= 15 is 0 Å². The molecule has 2 aromatic heterocycles. The molecule has 0 aliphatic carbocycles. The molecule has 9 heteroatoms. The summed E-state index contributed by atoms with van der Waals surface area (Å²) in [5.74, 6) is 1.73. The molecule has 2 saturated heterocycles. The summed E-state index contributed by atoms with van der Waals surface area (Å²) in [5.41, 5.74) is 0. The fraction of sp³-hybridized carbons (Fsp3) is 0.591. The van der Waals surface area contributed by atoms with Crippen LogP contribution in [0, 0.1) is 0 Å². The summed E-state index contributed by atoms with van der Waals surface area (Å²) in [6, 6.07) is 5.74. The monoisotopic (exact) mass is 427 g/mol. The molecule has 0 aromatic carbocycles. The third-order valence-electron chi connectivity index (χ3n) is 6.05. The number of furan rings is 1. The summed E-state index contributed by atoms with van der Waals surface area (Å²) >= 11 is 0. The Morgan fingerprint density at radius 2 is 1.81 bits per heavy atom. The molecule has 31 heavy (non-hydrogen) atoms. The molecular weight excluding hydrogens is 394 g/mol. The average Bonchev–Trinajstić information content (AvgIpc) is 3.53. The number of urea groups is 1. The first kappa shape index (κ1) is 21.6. The van der Waals surface area contributed by atoms with E-state index in [9.17, 15) is 4.79 Å². The third kappa shape index (κ3) is 6.18. The topological polar surface area (TPSA) is 89.8 Å². The number of piperazine rings is 1. The molecule has 2 amide bonds. The molecular formula is C22H33N7O2. The summed E-state index contributed by atoms with van der Waals surface area (Å²) in [4.78, 5) is 28.0. The minimum Gasteiger partial charge on any atom is -0.468 e. The third-order valence-corrected chi connectivity index (χ3v) is 6.05. The Morgan fingerprint density at radius 3 is 2.52 bits per heavy atom. The van der Waals surface area contributed by atoms with Gasteiger partial charge in [-0.05, 0) is 57.1 Å². The van der Waals surface area contributed by atoms with Crippen molar-refractivity contribution in [2.24, 2.45) is 0 Å². The number of rotatable bonds is 9. The Morgan fingerprint density at radius 1 is 1.03 bits per heavy atom. The van der Waals surface area contributed by atoms with Gasteiger partial charge in [0.05, 0.1) is 12.3 Å². The van der Waals surface area contributed by atoms with Gasteiger partial charge in [0.2, 0.25) is 5.95 Å². The average molecular weight is 428 g/mol. The van der Waals surface area contributed by atoms with Crippen LogP contribution in [0.5, 0.6) is 0 Å². The zero-order valence-electron chi connectivity index (χ0n) is 18.1. The van der Waals surface area contributed by atoms with Crippen molar-refractivity contribution < 1.29 is 9.21 Å². The van der Waals surface area contributed by atoms with Crippen LogP contribution in [0.15, 0.2) is 41.3 Å². The molecule has 0 spiro atoms. The first-order valence-corrected chi connectivity index (χ1v) is 11.3. The number of carbonyl (C=O) groups excluding carboxylic acids is 1. The molecule has 1 atom stereocenters. The van der Waals surface area contributed by atoms with Gasteiger partial charge in [0.15, 0.2) is 0 Å². The fourth-order valence-corrected chi connectivity index (χ4v) is 4.33. The maximum Gasteiger partial charge on any atom is 0.314 e. The largest absolute Gasteiger partial charge is 0.468 e. The maximum atomic E-state index is 12.3. The number of hydrogen-bond donors (Lipinski definition) is 2. The van der Waals surface area contributed by atoms with Crippen molar-refractivity contribution in [1.82, 2.24) is 30.4 Å². The molecule has 0 radical (unpaired) electrons. The van der Waals surface area contributed by atoms with Gasteiger partial charge in [0.25, 0.3) is 0 Å². The highest BCUT2D eigenvalue weighted by molar-refractivity contribution is 5.73. The van der Waals surface area contributed by atoms with Crippen molar-refractivity contribution in [2.75, 3.05) is 63.8 Å². The van der Waals surface area contributed by atoms with Gasteiger partial charge in [-0.25, -0.2) is 14.8 Å². The van der Waals surface area contributed by atoms with Crippen LogP contribution in [0.3, 0.4) is 0 Å². The molecule has 9 nitrogen and oxygen atoms in total. The summed E-state index contributed by atoms with van der Waals surface area (Å²) in [6.45, 7) is 8.16. The number of nitrogens with one attached hydrogen (secondary N) is 2. The molecule has 168 valence electrons. The van der Waals surface area contributed by atoms with Crippen LogP contribution < -0.4 is 15.5 Å². The second-order valence-corrected chi connectivity index (χ2v) is 8.14. The number of aromatic nitrogens is 2.